The number of hydrogen-bond donors (Lipinski definition) is 2. The third-order valence-electron chi connectivity index (χ3n) is 4.60. The fraction of sp³-hybridized carbons (Fsp3) is 0.227. The SMILES string of the molecule is N#CCC(=O)NCc1cccc(NC(=O)CCCN2C(=O)c3ccccc3C2=O)c1. The normalized spacial score (nSPS) is 12.3. The Morgan fingerprint density at radius 3 is 2.33 bits per heavy atom. The van der Waals surface area contributed by atoms with Crippen LogP contribution >= 0.6 is 0 Å². The largest absolute Gasteiger partial charge is 0.351 e. The lowest BCUT2D eigenvalue weighted by Gasteiger charge is -2.13. The van der Waals surface area contributed by atoms with Crippen LogP contribution in [0, 0.1) is 11.3 Å². The van der Waals surface area contributed by atoms with Crippen molar-refractivity contribution in [1.29, 1.82) is 5.26 Å². The van der Waals surface area contributed by atoms with Crippen molar-refractivity contribution in [2.75, 3.05) is 11.9 Å². The molecule has 0 aromatic heterocycles. The molecule has 8 heteroatoms. The Bertz CT molecular complexity index is 1010. The van der Waals surface area contributed by atoms with Crippen molar-refractivity contribution in [3.05, 3.63) is 65.2 Å². The summed E-state index contributed by atoms with van der Waals surface area (Å²) in [5.74, 6) is -1.26. The van der Waals surface area contributed by atoms with Crippen LogP contribution in [0.5, 0.6) is 0 Å². The van der Waals surface area contributed by atoms with Crippen molar-refractivity contribution in [2.45, 2.75) is 25.8 Å². The third-order valence-corrected chi connectivity index (χ3v) is 4.60. The second-order valence-electron chi connectivity index (χ2n) is 6.77. The van der Waals surface area contributed by atoms with Gasteiger partial charge in [-0.2, -0.15) is 5.26 Å². The number of imide groups is 1. The molecular formula is C22H20N4O4. The second-order valence-corrected chi connectivity index (χ2v) is 6.77. The lowest BCUT2D eigenvalue weighted by Crippen LogP contribution is -2.31. The predicted molar refractivity (Wildman–Crippen MR) is 108 cm³/mol. The average molecular weight is 404 g/mol. The summed E-state index contributed by atoms with van der Waals surface area (Å²) in [6, 6.07) is 15.4. The fourth-order valence-corrected chi connectivity index (χ4v) is 3.16. The Morgan fingerprint density at radius 1 is 0.967 bits per heavy atom. The van der Waals surface area contributed by atoms with E-state index in [1.165, 1.54) is 4.90 Å². The van der Waals surface area contributed by atoms with E-state index in [2.05, 4.69) is 10.6 Å². The predicted octanol–water partition coefficient (Wildman–Crippen LogP) is 2.23. The van der Waals surface area contributed by atoms with Gasteiger partial charge in [0.25, 0.3) is 11.8 Å². The average Bonchev–Trinajstić information content (AvgIpc) is 2.98. The van der Waals surface area contributed by atoms with Gasteiger partial charge in [0.1, 0.15) is 6.42 Å². The Morgan fingerprint density at radius 2 is 1.67 bits per heavy atom. The molecule has 3 rings (SSSR count). The molecule has 0 unspecified atom stereocenters. The van der Waals surface area contributed by atoms with Crippen LogP contribution in [0.1, 0.15) is 45.5 Å². The summed E-state index contributed by atoms with van der Waals surface area (Å²) in [7, 11) is 0. The molecule has 2 aromatic rings. The van der Waals surface area contributed by atoms with Crippen molar-refractivity contribution in [1.82, 2.24) is 10.2 Å². The highest BCUT2D eigenvalue weighted by Gasteiger charge is 2.34. The number of carbonyl (C=O) groups excluding carboxylic acids is 4. The quantitative estimate of drug-likeness (QED) is 0.654. The molecule has 4 amide bonds. The number of rotatable bonds is 8. The number of fused-ring (bicyclic) bond motifs is 1. The van der Waals surface area contributed by atoms with Crippen LogP contribution in [-0.4, -0.2) is 35.1 Å². The van der Waals surface area contributed by atoms with E-state index in [0.717, 1.165) is 5.56 Å². The zero-order chi connectivity index (χ0) is 21.5. The maximum atomic E-state index is 12.3. The topological polar surface area (TPSA) is 119 Å². The van der Waals surface area contributed by atoms with Crippen LogP contribution in [0.2, 0.25) is 0 Å². The summed E-state index contributed by atoms with van der Waals surface area (Å²) in [5, 5.41) is 13.9. The van der Waals surface area contributed by atoms with Crippen LogP contribution in [0.15, 0.2) is 48.5 Å². The van der Waals surface area contributed by atoms with Crippen molar-refractivity contribution in [2.24, 2.45) is 0 Å². The maximum Gasteiger partial charge on any atom is 0.261 e. The van der Waals surface area contributed by atoms with Gasteiger partial charge in [0.15, 0.2) is 0 Å². The number of nitrogens with one attached hydrogen (secondary N) is 2. The van der Waals surface area contributed by atoms with Gasteiger partial charge >= 0.3 is 0 Å². The van der Waals surface area contributed by atoms with Crippen LogP contribution in [0.3, 0.4) is 0 Å². The molecule has 0 spiro atoms. The highest BCUT2D eigenvalue weighted by molar-refractivity contribution is 6.21. The summed E-state index contributed by atoms with van der Waals surface area (Å²) < 4.78 is 0. The standard InChI is InChI=1S/C22H20N4O4/c23-11-10-19(27)24-14-15-5-3-6-16(13-15)25-20(28)9-4-12-26-21(29)17-7-1-2-8-18(17)22(26)30/h1-3,5-8,13H,4,9-10,12,14H2,(H,24,27)(H,25,28). The van der Waals surface area contributed by atoms with Gasteiger partial charge in [-0.25, -0.2) is 0 Å². The summed E-state index contributed by atoms with van der Waals surface area (Å²) in [6.45, 7) is 0.425. The van der Waals surface area contributed by atoms with Crippen LogP contribution in [0.25, 0.3) is 0 Å². The maximum absolute atomic E-state index is 12.3. The van der Waals surface area contributed by atoms with Gasteiger partial charge in [-0.3, -0.25) is 24.1 Å². The van der Waals surface area contributed by atoms with Gasteiger partial charge < -0.3 is 10.6 Å². The number of nitriles is 1. The van der Waals surface area contributed by atoms with E-state index in [1.807, 2.05) is 0 Å². The first-order valence-electron chi connectivity index (χ1n) is 9.47. The van der Waals surface area contributed by atoms with Gasteiger partial charge in [-0.15, -0.1) is 0 Å². The fourth-order valence-electron chi connectivity index (χ4n) is 3.16. The lowest BCUT2D eigenvalue weighted by molar-refractivity contribution is -0.120. The molecule has 2 N–H and O–H groups in total. The molecule has 0 saturated carbocycles. The Labute approximate surface area is 173 Å². The van der Waals surface area contributed by atoms with Crippen molar-refractivity contribution < 1.29 is 19.2 Å². The van der Waals surface area contributed by atoms with Gasteiger partial charge in [-0.1, -0.05) is 24.3 Å². The molecule has 0 bridgehead atoms. The minimum Gasteiger partial charge on any atom is -0.351 e. The first-order chi connectivity index (χ1) is 14.5. The molecule has 1 aliphatic rings. The van der Waals surface area contributed by atoms with E-state index in [4.69, 9.17) is 5.26 Å². The number of carbonyl (C=O) groups is 4. The highest BCUT2D eigenvalue weighted by atomic mass is 16.2. The molecular weight excluding hydrogens is 384 g/mol. The Balaban J connectivity index is 1.47. The zero-order valence-corrected chi connectivity index (χ0v) is 16.2. The zero-order valence-electron chi connectivity index (χ0n) is 16.2. The highest BCUT2D eigenvalue weighted by Crippen LogP contribution is 2.22. The molecule has 152 valence electrons. The minimum absolute atomic E-state index is 0.149. The summed E-state index contributed by atoms with van der Waals surface area (Å²) in [4.78, 5) is 49.4. The van der Waals surface area contributed by atoms with Crippen molar-refractivity contribution in [3.63, 3.8) is 0 Å². The minimum atomic E-state index is -0.361. The van der Waals surface area contributed by atoms with Crippen LogP contribution in [0.4, 0.5) is 5.69 Å². The van der Waals surface area contributed by atoms with Gasteiger partial charge in [0.05, 0.1) is 17.2 Å². The second kappa shape index (κ2) is 9.47. The molecule has 8 nitrogen and oxygen atoms in total. The van der Waals surface area contributed by atoms with Crippen LogP contribution in [-0.2, 0) is 16.1 Å². The van der Waals surface area contributed by atoms with Crippen molar-refractivity contribution in [3.8, 4) is 6.07 Å². The smallest absolute Gasteiger partial charge is 0.261 e. The number of hydrogen-bond acceptors (Lipinski definition) is 5. The summed E-state index contributed by atoms with van der Waals surface area (Å²) >= 11 is 0. The molecule has 0 saturated heterocycles. The Kier molecular flexibility index (Phi) is 6.55. The third kappa shape index (κ3) is 4.89. The van der Waals surface area contributed by atoms with E-state index in [9.17, 15) is 19.2 Å². The molecule has 30 heavy (non-hydrogen) atoms. The van der Waals surface area contributed by atoms with Gasteiger partial charge in [0.2, 0.25) is 11.8 Å². The molecule has 1 aliphatic heterocycles. The molecule has 0 atom stereocenters. The van der Waals surface area contributed by atoms with Crippen molar-refractivity contribution >= 4 is 29.3 Å². The molecule has 0 aliphatic carbocycles. The lowest BCUT2D eigenvalue weighted by atomic mass is 10.1. The molecule has 0 fully saturated rings. The van der Waals surface area contributed by atoms with E-state index < -0.39 is 0 Å². The van der Waals surface area contributed by atoms with E-state index in [0.29, 0.717) is 23.2 Å². The van der Waals surface area contributed by atoms with Gasteiger partial charge in [0, 0.05) is 25.2 Å². The number of benzene rings is 2. The number of nitrogens with zero attached hydrogens (tertiary/aromatic N) is 2. The molecule has 0 radical (unpaired) electrons. The first-order valence-corrected chi connectivity index (χ1v) is 9.47. The van der Waals surface area contributed by atoms with Gasteiger partial charge in [-0.05, 0) is 36.2 Å². The van der Waals surface area contributed by atoms with E-state index >= 15 is 0 Å². The van der Waals surface area contributed by atoms with E-state index in [-0.39, 0.29) is 49.6 Å². The summed E-state index contributed by atoms with van der Waals surface area (Å²) in [5.41, 5.74) is 2.15. The molecule has 1 heterocycles. The summed E-state index contributed by atoms with van der Waals surface area (Å²) in [6.07, 6.45) is 0.293. The van der Waals surface area contributed by atoms with Crippen LogP contribution < -0.4 is 10.6 Å². The number of anilines is 1. The van der Waals surface area contributed by atoms with E-state index in [1.54, 1.807) is 54.6 Å². The Hall–Kier alpha value is -3.99. The first kappa shape index (κ1) is 20.7. The number of amides is 4. The monoisotopic (exact) mass is 404 g/mol. The molecule has 2 aromatic carbocycles.